The van der Waals surface area contributed by atoms with Crippen molar-refractivity contribution < 1.29 is 9.53 Å². The Labute approximate surface area is 117 Å². The molecule has 0 aliphatic heterocycles. The zero-order chi connectivity index (χ0) is 14.2. The van der Waals surface area contributed by atoms with Crippen molar-refractivity contribution in [3.8, 4) is 5.75 Å². The lowest BCUT2D eigenvalue weighted by Gasteiger charge is -2.06. The number of benzene rings is 2. The number of ether oxygens (including phenoxy) is 1. The van der Waals surface area contributed by atoms with E-state index in [1.165, 1.54) is 6.21 Å². The molecule has 0 heterocycles. The van der Waals surface area contributed by atoms with Crippen LogP contribution in [-0.4, -0.2) is 12.2 Å². The molecule has 2 aromatic rings. The second kappa shape index (κ2) is 6.94. The van der Waals surface area contributed by atoms with E-state index in [2.05, 4.69) is 10.5 Å². The van der Waals surface area contributed by atoms with E-state index in [0.29, 0.717) is 6.61 Å². The van der Waals surface area contributed by atoms with Crippen LogP contribution < -0.4 is 15.9 Å². The highest BCUT2D eigenvalue weighted by molar-refractivity contribution is 5.81. The molecule has 0 bridgehead atoms. The van der Waals surface area contributed by atoms with Gasteiger partial charge in [-0.15, -0.1) is 0 Å². The first-order chi connectivity index (χ1) is 9.74. The molecule has 5 nitrogen and oxygen atoms in total. The normalized spacial score (nSPS) is 10.4. The van der Waals surface area contributed by atoms with Crippen molar-refractivity contribution >= 4 is 12.2 Å². The van der Waals surface area contributed by atoms with Gasteiger partial charge in [-0.25, -0.2) is 10.2 Å². The average Bonchev–Trinajstić information content (AvgIpc) is 2.46. The van der Waals surface area contributed by atoms with Crippen LogP contribution in [0.3, 0.4) is 0 Å². The fraction of sp³-hybridized carbons (Fsp3) is 0.0667. The Kier molecular flexibility index (Phi) is 4.72. The van der Waals surface area contributed by atoms with Gasteiger partial charge in [0, 0.05) is 0 Å². The summed E-state index contributed by atoms with van der Waals surface area (Å²) in [6.45, 7) is 0.501. The first-order valence-electron chi connectivity index (χ1n) is 6.09. The number of carbonyl (C=O) groups is 1. The average molecular weight is 269 g/mol. The smallest absolute Gasteiger partial charge is 0.332 e. The molecule has 0 spiro atoms. The highest BCUT2D eigenvalue weighted by Crippen LogP contribution is 2.14. The van der Waals surface area contributed by atoms with Crippen LogP contribution in [-0.2, 0) is 6.61 Å². The number of rotatable bonds is 5. The molecule has 0 atom stereocenters. The molecule has 0 saturated carbocycles. The molecule has 20 heavy (non-hydrogen) atoms. The fourth-order valence-electron chi connectivity index (χ4n) is 1.60. The van der Waals surface area contributed by atoms with Crippen LogP contribution in [0.15, 0.2) is 59.7 Å². The van der Waals surface area contributed by atoms with Crippen molar-refractivity contribution in [3.63, 3.8) is 0 Å². The van der Waals surface area contributed by atoms with E-state index in [0.717, 1.165) is 16.9 Å². The van der Waals surface area contributed by atoms with Crippen LogP contribution in [0.1, 0.15) is 11.1 Å². The molecule has 2 amide bonds. The third-order valence-corrected chi connectivity index (χ3v) is 2.49. The summed E-state index contributed by atoms with van der Waals surface area (Å²) in [6.07, 6.45) is 1.50. The van der Waals surface area contributed by atoms with Crippen LogP contribution in [0.5, 0.6) is 5.75 Å². The topological polar surface area (TPSA) is 76.7 Å². The number of nitrogens with one attached hydrogen (secondary N) is 1. The quantitative estimate of drug-likeness (QED) is 0.645. The van der Waals surface area contributed by atoms with Crippen molar-refractivity contribution in [2.75, 3.05) is 0 Å². The second-order valence-corrected chi connectivity index (χ2v) is 4.08. The van der Waals surface area contributed by atoms with E-state index in [4.69, 9.17) is 10.5 Å². The molecule has 0 aromatic heterocycles. The molecule has 0 radical (unpaired) electrons. The minimum Gasteiger partial charge on any atom is -0.489 e. The van der Waals surface area contributed by atoms with Gasteiger partial charge in [0.25, 0.3) is 0 Å². The number of carbonyl (C=O) groups excluding carboxylic acids is 1. The van der Waals surface area contributed by atoms with Crippen molar-refractivity contribution in [1.82, 2.24) is 5.43 Å². The summed E-state index contributed by atoms with van der Waals surface area (Å²) in [6, 6.07) is 16.6. The Morgan fingerprint density at radius 2 is 2.00 bits per heavy atom. The number of hydrogen-bond donors (Lipinski definition) is 2. The molecule has 102 valence electrons. The summed E-state index contributed by atoms with van der Waals surface area (Å²) in [5.74, 6) is 0.733. The third-order valence-electron chi connectivity index (χ3n) is 2.49. The summed E-state index contributed by atoms with van der Waals surface area (Å²) >= 11 is 0. The van der Waals surface area contributed by atoms with E-state index in [-0.39, 0.29) is 0 Å². The Morgan fingerprint density at radius 3 is 2.75 bits per heavy atom. The van der Waals surface area contributed by atoms with Crippen LogP contribution in [0, 0.1) is 0 Å². The van der Waals surface area contributed by atoms with E-state index >= 15 is 0 Å². The van der Waals surface area contributed by atoms with Crippen molar-refractivity contribution in [2.24, 2.45) is 10.8 Å². The Bertz CT molecular complexity index is 597. The molecular weight excluding hydrogens is 254 g/mol. The number of primary amides is 1. The monoisotopic (exact) mass is 269 g/mol. The SMILES string of the molecule is NC(=O)N/N=C/c1cccc(OCc2ccccc2)c1. The molecular formula is C15H15N3O2. The number of nitrogens with zero attached hydrogens (tertiary/aromatic N) is 1. The summed E-state index contributed by atoms with van der Waals surface area (Å²) in [7, 11) is 0. The zero-order valence-electron chi connectivity index (χ0n) is 10.8. The molecule has 2 rings (SSSR count). The highest BCUT2D eigenvalue weighted by atomic mass is 16.5. The summed E-state index contributed by atoms with van der Waals surface area (Å²) in [5, 5.41) is 3.70. The van der Waals surface area contributed by atoms with Gasteiger partial charge in [0.2, 0.25) is 0 Å². The van der Waals surface area contributed by atoms with Gasteiger partial charge in [-0.2, -0.15) is 5.10 Å². The first kappa shape index (κ1) is 13.6. The van der Waals surface area contributed by atoms with E-state index in [1.54, 1.807) is 0 Å². The minimum absolute atomic E-state index is 0.501. The maximum atomic E-state index is 10.5. The predicted octanol–water partition coefficient (Wildman–Crippen LogP) is 2.27. The summed E-state index contributed by atoms with van der Waals surface area (Å²) in [4.78, 5) is 10.5. The van der Waals surface area contributed by atoms with Crippen LogP contribution in [0.2, 0.25) is 0 Å². The lowest BCUT2D eigenvalue weighted by molar-refractivity contribution is 0.249. The molecule has 0 unspecified atom stereocenters. The van der Waals surface area contributed by atoms with Gasteiger partial charge >= 0.3 is 6.03 Å². The van der Waals surface area contributed by atoms with Gasteiger partial charge in [0.1, 0.15) is 12.4 Å². The molecule has 3 N–H and O–H groups in total. The Balaban J connectivity index is 1.95. The van der Waals surface area contributed by atoms with E-state index in [9.17, 15) is 4.79 Å². The second-order valence-electron chi connectivity index (χ2n) is 4.08. The Morgan fingerprint density at radius 1 is 1.20 bits per heavy atom. The lowest BCUT2D eigenvalue weighted by atomic mass is 10.2. The fourth-order valence-corrected chi connectivity index (χ4v) is 1.60. The van der Waals surface area contributed by atoms with Crippen LogP contribution in [0.25, 0.3) is 0 Å². The molecule has 5 heteroatoms. The number of urea groups is 1. The van der Waals surface area contributed by atoms with Crippen molar-refractivity contribution in [2.45, 2.75) is 6.61 Å². The molecule has 2 aromatic carbocycles. The van der Waals surface area contributed by atoms with Crippen molar-refractivity contribution in [1.29, 1.82) is 0 Å². The number of nitrogens with two attached hydrogens (primary N) is 1. The standard InChI is InChI=1S/C15H15N3O2/c16-15(19)18-17-10-13-7-4-8-14(9-13)20-11-12-5-2-1-3-6-12/h1-10H,11H2,(H3,16,18,19)/b17-10+. The molecule has 0 aliphatic carbocycles. The number of hydrazone groups is 1. The van der Waals surface area contributed by atoms with Crippen LogP contribution in [0.4, 0.5) is 4.79 Å². The van der Waals surface area contributed by atoms with Gasteiger partial charge in [-0.1, -0.05) is 42.5 Å². The lowest BCUT2D eigenvalue weighted by Crippen LogP contribution is -2.24. The molecule has 0 saturated heterocycles. The van der Waals surface area contributed by atoms with Gasteiger partial charge in [-0.05, 0) is 23.3 Å². The predicted molar refractivity (Wildman–Crippen MR) is 77.5 cm³/mol. The maximum Gasteiger partial charge on any atom is 0.332 e. The third kappa shape index (κ3) is 4.45. The van der Waals surface area contributed by atoms with Crippen molar-refractivity contribution in [3.05, 3.63) is 65.7 Å². The van der Waals surface area contributed by atoms with Gasteiger partial charge in [-0.3, -0.25) is 0 Å². The summed E-state index contributed by atoms with van der Waals surface area (Å²) < 4.78 is 5.69. The largest absolute Gasteiger partial charge is 0.489 e. The maximum absolute atomic E-state index is 10.5. The van der Waals surface area contributed by atoms with E-state index < -0.39 is 6.03 Å². The first-order valence-corrected chi connectivity index (χ1v) is 6.09. The van der Waals surface area contributed by atoms with Gasteiger partial charge in [0.05, 0.1) is 6.21 Å². The van der Waals surface area contributed by atoms with Gasteiger partial charge in [0.15, 0.2) is 0 Å². The highest BCUT2D eigenvalue weighted by Gasteiger charge is 1.97. The Hall–Kier alpha value is -2.82. The summed E-state index contributed by atoms with van der Waals surface area (Å²) in [5.41, 5.74) is 8.96. The zero-order valence-corrected chi connectivity index (χ0v) is 10.8. The number of amides is 2. The molecule has 0 fully saturated rings. The minimum atomic E-state index is -0.697. The van der Waals surface area contributed by atoms with E-state index in [1.807, 2.05) is 54.6 Å². The number of hydrogen-bond acceptors (Lipinski definition) is 3. The molecule has 0 aliphatic rings. The van der Waals surface area contributed by atoms with Crippen LogP contribution >= 0.6 is 0 Å². The van der Waals surface area contributed by atoms with Gasteiger partial charge < -0.3 is 10.5 Å².